The minimum atomic E-state index is 0.508. The summed E-state index contributed by atoms with van der Waals surface area (Å²) in [5.41, 5.74) is 5.12. The molecule has 1 aromatic carbocycles. The minimum absolute atomic E-state index is 0.508. The lowest BCUT2D eigenvalue weighted by molar-refractivity contribution is 0.412. The molecule has 114 valence electrons. The minimum Gasteiger partial charge on any atom is -0.378 e. The first-order chi connectivity index (χ1) is 10.1. The van der Waals surface area contributed by atoms with Gasteiger partial charge >= 0.3 is 0 Å². The number of nitrogens with one attached hydrogen (secondary N) is 2. The topological polar surface area (TPSA) is 39.7 Å². The Morgan fingerprint density at radius 2 is 1.86 bits per heavy atom. The van der Waals surface area contributed by atoms with Gasteiger partial charge in [-0.05, 0) is 42.8 Å². The summed E-state index contributed by atoms with van der Waals surface area (Å²) < 4.78 is 0. The van der Waals surface area contributed by atoms with Gasteiger partial charge in [0.1, 0.15) is 0 Å². The van der Waals surface area contributed by atoms with Crippen LogP contribution in [0.3, 0.4) is 0 Å². The fraction of sp³-hybridized carbons (Fsp3) is 0.500. The average Bonchev–Trinajstić information content (AvgIpc) is 2.49. The number of hydrogen-bond donors (Lipinski definition) is 2. The van der Waals surface area contributed by atoms with Crippen LogP contribution in [0.4, 0.5) is 5.69 Å². The van der Waals surface area contributed by atoms with E-state index in [1.54, 1.807) is 6.21 Å². The van der Waals surface area contributed by atoms with Crippen LogP contribution in [0.5, 0.6) is 0 Å². The second-order valence-corrected chi connectivity index (χ2v) is 6.07. The smallest absolute Gasteiger partial charge is 0.187 e. The van der Waals surface area contributed by atoms with Gasteiger partial charge in [-0.2, -0.15) is 5.10 Å². The molecule has 1 aromatic rings. The van der Waals surface area contributed by atoms with Crippen LogP contribution >= 0.6 is 12.2 Å². The summed E-state index contributed by atoms with van der Waals surface area (Å²) in [6.07, 6.45) is 8.13. The molecular formula is C16H24N4S. The van der Waals surface area contributed by atoms with Gasteiger partial charge in [0, 0.05) is 25.8 Å². The van der Waals surface area contributed by atoms with E-state index >= 15 is 0 Å². The molecule has 0 bridgehead atoms. The van der Waals surface area contributed by atoms with E-state index in [-0.39, 0.29) is 0 Å². The molecule has 0 unspecified atom stereocenters. The van der Waals surface area contributed by atoms with Gasteiger partial charge in [0.2, 0.25) is 0 Å². The number of hydrazone groups is 1. The Labute approximate surface area is 132 Å². The Morgan fingerprint density at radius 3 is 2.48 bits per heavy atom. The fourth-order valence-corrected chi connectivity index (χ4v) is 2.71. The van der Waals surface area contributed by atoms with E-state index in [1.807, 2.05) is 26.2 Å². The summed E-state index contributed by atoms with van der Waals surface area (Å²) in [5, 5.41) is 8.13. The summed E-state index contributed by atoms with van der Waals surface area (Å²) in [5.74, 6) is 0. The molecule has 1 aliphatic carbocycles. The van der Waals surface area contributed by atoms with Gasteiger partial charge in [-0.25, -0.2) is 0 Å². The van der Waals surface area contributed by atoms with Crippen molar-refractivity contribution in [2.45, 2.75) is 38.1 Å². The Balaban J connectivity index is 1.77. The van der Waals surface area contributed by atoms with E-state index in [9.17, 15) is 0 Å². The summed E-state index contributed by atoms with van der Waals surface area (Å²) in [7, 11) is 4.06. The Morgan fingerprint density at radius 1 is 1.19 bits per heavy atom. The molecule has 5 heteroatoms. The van der Waals surface area contributed by atoms with Crippen molar-refractivity contribution in [2.75, 3.05) is 19.0 Å². The lowest BCUT2D eigenvalue weighted by Gasteiger charge is -2.23. The van der Waals surface area contributed by atoms with Crippen molar-refractivity contribution in [3.63, 3.8) is 0 Å². The van der Waals surface area contributed by atoms with Gasteiger partial charge < -0.3 is 10.2 Å². The van der Waals surface area contributed by atoms with Crippen LogP contribution in [0.1, 0.15) is 37.7 Å². The number of benzene rings is 1. The fourth-order valence-electron chi connectivity index (χ4n) is 2.49. The number of anilines is 1. The van der Waals surface area contributed by atoms with Crippen molar-refractivity contribution in [1.29, 1.82) is 0 Å². The molecule has 0 spiro atoms. The lowest BCUT2D eigenvalue weighted by Crippen LogP contribution is -2.40. The van der Waals surface area contributed by atoms with Crippen molar-refractivity contribution >= 4 is 29.2 Å². The zero-order valence-corrected chi connectivity index (χ0v) is 13.6. The van der Waals surface area contributed by atoms with Crippen molar-refractivity contribution in [3.8, 4) is 0 Å². The molecule has 0 amide bonds. The largest absolute Gasteiger partial charge is 0.378 e. The van der Waals surface area contributed by atoms with Gasteiger partial charge in [0.15, 0.2) is 5.11 Å². The van der Waals surface area contributed by atoms with Crippen LogP contribution in [0, 0.1) is 0 Å². The molecule has 0 aliphatic heterocycles. The van der Waals surface area contributed by atoms with Crippen molar-refractivity contribution in [1.82, 2.24) is 10.7 Å². The average molecular weight is 304 g/mol. The van der Waals surface area contributed by atoms with E-state index in [2.05, 4.69) is 32.9 Å². The highest BCUT2D eigenvalue weighted by atomic mass is 32.1. The third-order valence-corrected chi connectivity index (χ3v) is 3.94. The third-order valence-electron chi connectivity index (χ3n) is 3.73. The molecule has 0 atom stereocenters. The lowest BCUT2D eigenvalue weighted by atomic mass is 9.96. The molecule has 1 fully saturated rings. The zero-order chi connectivity index (χ0) is 15.1. The molecular weight excluding hydrogens is 280 g/mol. The predicted octanol–water partition coefficient (Wildman–Crippen LogP) is 2.88. The molecule has 1 aliphatic rings. The normalized spacial score (nSPS) is 15.9. The van der Waals surface area contributed by atoms with Crippen molar-refractivity contribution < 1.29 is 0 Å². The first-order valence-corrected chi connectivity index (χ1v) is 7.93. The van der Waals surface area contributed by atoms with Gasteiger partial charge in [0.25, 0.3) is 0 Å². The van der Waals surface area contributed by atoms with Gasteiger partial charge in [-0.15, -0.1) is 0 Å². The molecule has 0 saturated heterocycles. The summed E-state index contributed by atoms with van der Waals surface area (Å²) in [6.45, 7) is 0. The second-order valence-electron chi connectivity index (χ2n) is 5.66. The highest BCUT2D eigenvalue weighted by Gasteiger charge is 2.13. The summed E-state index contributed by atoms with van der Waals surface area (Å²) in [4.78, 5) is 2.07. The van der Waals surface area contributed by atoms with E-state index in [1.165, 1.54) is 37.8 Å². The standard InChI is InChI=1S/C16H24N4S/c1-20(2)15-10-8-13(9-11-15)12-17-19-16(21)18-14-6-4-3-5-7-14/h8-12,14H,3-7H2,1-2H3,(H2,18,19,21)/b17-12-. The van der Waals surface area contributed by atoms with E-state index in [0.29, 0.717) is 11.2 Å². The van der Waals surface area contributed by atoms with Crippen LogP contribution in [0.2, 0.25) is 0 Å². The second kappa shape index (κ2) is 7.98. The molecule has 1 saturated carbocycles. The van der Waals surface area contributed by atoms with Crippen molar-refractivity contribution in [3.05, 3.63) is 29.8 Å². The maximum atomic E-state index is 5.26. The first-order valence-electron chi connectivity index (χ1n) is 7.52. The van der Waals surface area contributed by atoms with E-state index in [4.69, 9.17) is 12.2 Å². The van der Waals surface area contributed by atoms with E-state index < -0.39 is 0 Å². The number of nitrogens with zero attached hydrogens (tertiary/aromatic N) is 2. The van der Waals surface area contributed by atoms with Crippen LogP contribution in [-0.2, 0) is 0 Å². The number of thiocarbonyl (C=S) groups is 1. The molecule has 2 rings (SSSR count). The van der Waals surface area contributed by atoms with Crippen LogP contribution in [-0.4, -0.2) is 31.5 Å². The SMILES string of the molecule is CN(C)c1ccc(/C=N\NC(=S)NC2CCCCC2)cc1. The zero-order valence-electron chi connectivity index (χ0n) is 12.8. The third kappa shape index (κ3) is 5.34. The van der Waals surface area contributed by atoms with Gasteiger partial charge in [0.05, 0.1) is 6.21 Å². The quantitative estimate of drug-likeness (QED) is 0.510. The Kier molecular flexibility index (Phi) is 5.99. The van der Waals surface area contributed by atoms with E-state index in [0.717, 1.165) is 5.56 Å². The highest BCUT2D eigenvalue weighted by molar-refractivity contribution is 7.80. The first kappa shape index (κ1) is 15.8. The molecule has 21 heavy (non-hydrogen) atoms. The molecule has 2 N–H and O–H groups in total. The monoisotopic (exact) mass is 304 g/mol. The van der Waals surface area contributed by atoms with Crippen molar-refractivity contribution in [2.24, 2.45) is 5.10 Å². The summed E-state index contributed by atoms with van der Waals surface area (Å²) in [6, 6.07) is 8.73. The Bertz CT molecular complexity index is 476. The highest BCUT2D eigenvalue weighted by Crippen LogP contribution is 2.17. The molecule has 0 heterocycles. The summed E-state index contributed by atoms with van der Waals surface area (Å²) >= 11 is 5.26. The van der Waals surface area contributed by atoms with Crippen LogP contribution < -0.4 is 15.6 Å². The molecule has 0 aromatic heterocycles. The maximum absolute atomic E-state index is 5.26. The predicted molar refractivity (Wildman–Crippen MR) is 94.1 cm³/mol. The number of hydrogen-bond acceptors (Lipinski definition) is 3. The Hall–Kier alpha value is -1.62. The number of rotatable bonds is 4. The van der Waals surface area contributed by atoms with Gasteiger partial charge in [-0.3, -0.25) is 5.43 Å². The molecule has 0 radical (unpaired) electrons. The maximum Gasteiger partial charge on any atom is 0.187 e. The molecule has 4 nitrogen and oxygen atoms in total. The van der Waals surface area contributed by atoms with Crippen LogP contribution in [0.25, 0.3) is 0 Å². The van der Waals surface area contributed by atoms with Crippen LogP contribution in [0.15, 0.2) is 29.4 Å². The van der Waals surface area contributed by atoms with Gasteiger partial charge in [-0.1, -0.05) is 31.4 Å².